The van der Waals surface area contributed by atoms with Crippen molar-refractivity contribution in [3.8, 4) is 5.75 Å². The van der Waals surface area contributed by atoms with Crippen LogP contribution >= 0.6 is 0 Å². The monoisotopic (exact) mass is 318 g/mol. The molecule has 2 fully saturated rings. The number of amides is 3. The molecular formula is C16H18N2O5. The van der Waals surface area contributed by atoms with Crippen molar-refractivity contribution in [2.75, 3.05) is 20.2 Å². The third kappa shape index (κ3) is 2.74. The minimum atomic E-state index is -1.04. The van der Waals surface area contributed by atoms with Crippen molar-refractivity contribution in [3.05, 3.63) is 29.8 Å². The van der Waals surface area contributed by atoms with Crippen molar-refractivity contribution in [3.63, 3.8) is 0 Å². The van der Waals surface area contributed by atoms with Crippen molar-refractivity contribution in [2.45, 2.75) is 13.0 Å². The Hall–Kier alpha value is -2.57. The summed E-state index contributed by atoms with van der Waals surface area (Å²) in [6.45, 7) is 0.608. The minimum Gasteiger partial charge on any atom is -0.497 e. The molecule has 1 aromatic rings. The maximum atomic E-state index is 12.5. The number of likely N-dealkylation sites (tertiary alicyclic amines) is 2. The van der Waals surface area contributed by atoms with Gasteiger partial charge in [-0.2, -0.15) is 0 Å². The molecule has 2 aliphatic heterocycles. The fraction of sp³-hybridized carbons (Fsp3) is 0.438. The van der Waals surface area contributed by atoms with Crippen LogP contribution in [0.15, 0.2) is 24.3 Å². The van der Waals surface area contributed by atoms with E-state index in [1.807, 2.05) is 12.1 Å². The molecule has 0 saturated carbocycles. The Labute approximate surface area is 133 Å². The lowest BCUT2D eigenvalue weighted by Gasteiger charge is -2.30. The summed E-state index contributed by atoms with van der Waals surface area (Å²) in [4.78, 5) is 38.5. The molecule has 2 aliphatic rings. The zero-order chi connectivity index (χ0) is 16.6. The van der Waals surface area contributed by atoms with Gasteiger partial charge in [0.25, 0.3) is 0 Å². The number of carbonyl (C=O) groups is 3. The molecule has 0 radical (unpaired) electrons. The highest BCUT2D eigenvalue weighted by Crippen LogP contribution is 2.34. The average molecular weight is 318 g/mol. The van der Waals surface area contributed by atoms with Gasteiger partial charge in [0.05, 0.1) is 25.5 Å². The number of nitrogens with zero attached hydrogens (tertiary/aromatic N) is 2. The summed E-state index contributed by atoms with van der Waals surface area (Å²) in [5.74, 6) is -0.705. The Bertz CT molecular complexity index is 642. The Balaban J connectivity index is 1.74. The second-order valence-corrected chi connectivity index (χ2v) is 5.84. The van der Waals surface area contributed by atoms with Crippen LogP contribution in [-0.4, -0.2) is 53.0 Å². The van der Waals surface area contributed by atoms with Crippen molar-refractivity contribution >= 4 is 17.9 Å². The molecule has 3 amide bonds. The second kappa shape index (κ2) is 5.91. The molecule has 0 aliphatic carbocycles. The summed E-state index contributed by atoms with van der Waals surface area (Å²) >= 11 is 0. The van der Waals surface area contributed by atoms with Crippen LogP contribution in [0.25, 0.3) is 0 Å². The molecule has 7 nitrogen and oxygen atoms in total. The Kier molecular flexibility index (Phi) is 3.94. The van der Waals surface area contributed by atoms with Crippen LogP contribution in [0.1, 0.15) is 12.0 Å². The van der Waals surface area contributed by atoms with E-state index < -0.39 is 17.9 Å². The van der Waals surface area contributed by atoms with E-state index in [4.69, 9.17) is 9.84 Å². The Morgan fingerprint density at radius 2 is 1.87 bits per heavy atom. The maximum absolute atomic E-state index is 12.5. The van der Waals surface area contributed by atoms with Gasteiger partial charge in [0.2, 0.25) is 11.8 Å². The Morgan fingerprint density at radius 1 is 1.22 bits per heavy atom. The van der Waals surface area contributed by atoms with E-state index in [-0.39, 0.29) is 24.9 Å². The van der Waals surface area contributed by atoms with E-state index in [1.165, 1.54) is 9.80 Å². The highest BCUT2D eigenvalue weighted by molar-refractivity contribution is 6.05. The lowest BCUT2D eigenvalue weighted by molar-refractivity contribution is -0.140. The first-order valence-electron chi connectivity index (χ1n) is 7.47. The van der Waals surface area contributed by atoms with Crippen molar-refractivity contribution < 1.29 is 24.2 Å². The van der Waals surface area contributed by atoms with Gasteiger partial charge in [-0.3, -0.25) is 14.5 Å². The van der Waals surface area contributed by atoms with E-state index in [2.05, 4.69) is 0 Å². The van der Waals surface area contributed by atoms with Gasteiger partial charge in [0.15, 0.2) is 0 Å². The number of carbonyl (C=O) groups excluding carboxylic acids is 2. The summed E-state index contributed by atoms with van der Waals surface area (Å²) in [7, 11) is 1.57. The number of fused-ring (bicyclic) bond motifs is 1. The van der Waals surface area contributed by atoms with Gasteiger partial charge in [-0.05, 0) is 24.1 Å². The number of hydrogen-bond donors (Lipinski definition) is 1. The molecular weight excluding hydrogens is 300 g/mol. The third-order valence-electron chi connectivity index (χ3n) is 4.55. The molecule has 1 N–H and O–H groups in total. The van der Waals surface area contributed by atoms with E-state index in [0.29, 0.717) is 18.7 Å². The summed E-state index contributed by atoms with van der Waals surface area (Å²) < 4.78 is 5.08. The number of ether oxygens (including phenoxy) is 1. The van der Waals surface area contributed by atoms with Crippen molar-refractivity contribution in [1.82, 2.24) is 9.80 Å². The van der Waals surface area contributed by atoms with Crippen LogP contribution in [0.3, 0.4) is 0 Å². The normalized spacial score (nSPS) is 23.9. The number of benzene rings is 1. The maximum Gasteiger partial charge on any atom is 0.407 e. The molecule has 0 spiro atoms. The van der Waals surface area contributed by atoms with Crippen LogP contribution < -0.4 is 4.74 Å². The Morgan fingerprint density at radius 3 is 2.48 bits per heavy atom. The van der Waals surface area contributed by atoms with Gasteiger partial charge in [-0.15, -0.1) is 0 Å². The van der Waals surface area contributed by atoms with Crippen LogP contribution in [0.2, 0.25) is 0 Å². The van der Waals surface area contributed by atoms with Crippen LogP contribution in [0.5, 0.6) is 5.75 Å². The number of piperidine rings is 1. The zero-order valence-electron chi connectivity index (χ0n) is 12.8. The van der Waals surface area contributed by atoms with E-state index in [1.54, 1.807) is 19.2 Å². The number of hydrogen-bond acceptors (Lipinski definition) is 4. The molecule has 7 heteroatoms. The molecule has 2 atom stereocenters. The van der Waals surface area contributed by atoms with Gasteiger partial charge in [0.1, 0.15) is 5.75 Å². The first-order valence-corrected chi connectivity index (χ1v) is 7.47. The van der Waals surface area contributed by atoms with Gasteiger partial charge in [-0.25, -0.2) is 4.79 Å². The molecule has 1 aromatic carbocycles. The topological polar surface area (TPSA) is 87.2 Å². The molecule has 23 heavy (non-hydrogen) atoms. The predicted molar refractivity (Wildman–Crippen MR) is 79.7 cm³/mol. The molecule has 2 unspecified atom stereocenters. The largest absolute Gasteiger partial charge is 0.497 e. The summed E-state index contributed by atoms with van der Waals surface area (Å²) in [6, 6.07) is 7.18. The number of rotatable bonds is 3. The number of imide groups is 1. The highest BCUT2D eigenvalue weighted by atomic mass is 16.5. The van der Waals surface area contributed by atoms with Crippen molar-refractivity contribution in [1.29, 1.82) is 0 Å². The molecule has 2 saturated heterocycles. The first-order chi connectivity index (χ1) is 11.0. The number of methoxy groups -OCH3 is 1. The van der Waals surface area contributed by atoms with E-state index in [0.717, 1.165) is 5.56 Å². The molecule has 2 heterocycles. The molecule has 0 aromatic heterocycles. The fourth-order valence-corrected chi connectivity index (χ4v) is 3.25. The van der Waals surface area contributed by atoms with E-state index in [9.17, 15) is 14.4 Å². The number of carboxylic acid groups (broad SMARTS) is 1. The minimum absolute atomic E-state index is 0.101. The quantitative estimate of drug-likeness (QED) is 0.846. The lowest BCUT2D eigenvalue weighted by atomic mass is 9.88. The average Bonchev–Trinajstić information content (AvgIpc) is 2.80. The smallest absolute Gasteiger partial charge is 0.407 e. The van der Waals surface area contributed by atoms with Gasteiger partial charge >= 0.3 is 6.09 Å². The van der Waals surface area contributed by atoms with Crippen molar-refractivity contribution in [2.24, 2.45) is 11.8 Å². The fourth-order valence-electron chi connectivity index (χ4n) is 3.25. The summed E-state index contributed by atoms with van der Waals surface area (Å²) in [5.41, 5.74) is 0.834. The van der Waals surface area contributed by atoms with Crippen LogP contribution in [0, 0.1) is 11.8 Å². The second-order valence-electron chi connectivity index (χ2n) is 5.84. The van der Waals surface area contributed by atoms with Gasteiger partial charge in [-0.1, -0.05) is 12.1 Å². The summed E-state index contributed by atoms with van der Waals surface area (Å²) in [6.07, 6.45) is -0.641. The standard InChI is InChI=1S/C16H18N2O5/c1-23-11-4-2-10(3-5-11)8-18-14(19)12-6-7-17(16(21)22)9-13(12)15(18)20/h2-5,12-13H,6-9H2,1H3,(H,21,22). The third-order valence-corrected chi connectivity index (χ3v) is 4.55. The summed E-state index contributed by atoms with van der Waals surface area (Å²) in [5, 5.41) is 9.07. The first kappa shape index (κ1) is 15.3. The van der Waals surface area contributed by atoms with Gasteiger partial charge < -0.3 is 14.7 Å². The van der Waals surface area contributed by atoms with Crippen LogP contribution in [-0.2, 0) is 16.1 Å². The SMILES string of the molecule is COc1ccc(CN2C(=O)C3CCN(C(=O)O)CC3C2=O)cc1. The van der Waals surface area contributed by atoms with Gasteiger partial charge in [0, 0.05) is 13.1 Å². The predicted octanol–water partition coefficient (Wildman–Crippen LogP) is 1.18. The lowest BCUT2D eigenvalue weighted by Crippen LogP contribution is -2.44. The highest BCUT2D eigenvalue weighted by Gasteiger charge is 2.50. The molecule has 0 bridgehead atoms. The molecule has 3 rings (SSSR count). The zero-order valence-corrected chi connectivity index (χ0v) is 12.8. The molecule has 122 valence electrons. The van der Waals surface area contributed by atoms with E-state index >= 15 is 0 Å². The van der Waals surface area contributed by atoms with Crippen LogP contribution in [0.4, 0.5) is 4.79 Å².